The van der Waals surface area contributed by atoms with Gasteiger partial charge < -0.3 is 10.0 Å². The molecule has 0 radical (unpaired) electrons. The monoisotopic (exact) mass is 369 g/mol. The molecular formula is C25H23NO2. The van der Waals surface area contributed by atoms with Gasteiger partial charge in [0, 0.05) is 17.7 Å². The van der Waals surface area contributed by atoms with Gasteiger partial charge in [0.25, 0.3) is 5.91 Å². The number of nitrogens with zero attached hydrogens (tertiary/aromatic N) is 1. The van der Waals surface area contributed by atoms with Gasteiger partial charge in [0.05, 0.1) is 0 Å². The van der Waals surface area contributed by atoms with Crippen LogP contribution in [0.5, 0.6) is 0 Å². The molecule has 0 fully saturated rings. The summed E-state index contributed by atoms with van der Waals surface area (Å²) in [5, 5.41) is 11.6. The lowest BCUT2D eigenvalue weighted by atomic mass is 10.00. The first-order valence-corrected chi connectivity index (χ1v) is 9.60. The van der Waals surface area contributed by atoms with E-state index >= 15 is 0 Å². The highest BCUT2D eigenvalue weighted by Crippen LogP contribution is 2.39. The minimum Gasteiger partial charge on any atom is -0.363 e. The topological polar surface area (TPSA) is 40.5 Å². The van der Waals surface area contributed by atoms with Crippen LogP contribution >= 0.6 is 0 Å². The highest BCUT2D eigenvalue weighted by molar-refractivity contribution is 6.22. The van der Waals surface area contributed by atoms with Crippen molar-refractivity contribution in [1.29, 1.82) is 0 Å². The van der Waals surface area contributed by atoms with E-state index in [9.17, 15) is 9.90 Å². The summed E-state index contributed by atoms with van der Waals surface area (Å²) in [6, 6.07) is 29.2. The molecule has 28 heavy (non-hydrogen) atoms. The lowest BCUT2D eigenvalue weighted by Crippen LogP contribution is -2.44. The molecule has 1 aliphatic rings. The molecular weight excluding hydrogens is 346 g/mol. The van der Waals surface area contributed by atoms with Crippen molar-refractivity contribution in [3.8, 4) is 0 Å². The molecule has 1 heterocycles. The molecule has 3 aromatic rings. The first-order valence-electron chi connectivity index (χ1n) is 9.60. The quantitative estimate of drug-likeness (QED) is 0.700. The Hall–Kier alpha value is -3.17. The van der Waals surface area contributed by atoms with Crippen molar-refractivity contribution in [3.05, 3.63) is 114 Å². The number of benzene rings is 3. The summed E-state index contributed by atoms with van der Waals surface area (Å²) in [4.78, 5) is 14.8. The molecule has 3 aromatic carbocycles. The van der Waals surface area contributed by atoms with Gasteiger partial charge >= 0.3 is 0 Å². The van der Waals surface area contributed by atoms with Crippen LogP contribution in [0.4, 0.5) is 0 Å². The van der Waals surface area contributed by atoms with Gasteiger partial charge in [-0.3, -0.25) is 4.79 Å². The van der Waals surface area contributed by atoms with E-state index in [1.165, 1.54) is 5.56 Å². The van der Waals surface area contributed by atoms with Crippen LogP contribution in [0.1, 0.15) is 23.1 Å². The molecule has 0 aromatic heterocycles. The van der Waals surface area contributed by atoms with E-state index in [-0.39, 0.29) is 5.91 Å². The van der Waals surface area contributed by atoms with Crippen LogP contribution in [0.15, 0.2) is 97.1 Å². The molecule has 0 spiro atoms. The number of carbonyl (C=O) groups is 1. The molecule has 0 saturated heterocycles. The second-order valence-corrected chi connectivity index (χ2v) is 7.06. The van der Waals surface area contributed by atoms with Crippen LogP contribution < -0.4 is 0 Å². The van der Waals surface area contributed by atoms with Gasteiger partial charge in [0.2, 0.25) is 0 Å². The number of hydrogen-bond acceptors (Lipinski definition) is 2. The normalized spacial score (nSPS) is 19.0. The summed E-state index contributed by atoms with van der Waals surface area (Å²) in [6.45, 7) is 0.478. The van der Waals surface area contributed by atoms with E-state index in [0.717, 1.165) is 18.4 Å². The van der Waals surface area contributed by atoms with Crippen LogP contribution in [0.3, 0.4) is 0 Å². The van der Waals surface area contributed by atoms with Crippen molar-refractivity contribution in [2.45, 2.75) is 18.6 Å². The van der Waals surface area contributed by atoms with Crippen molar-refractivity contribution in [3.63, 3.8) is 0 Å². The Kier molecular flexibility index (Phi) is 5.09. The van der Waals surface area contributed by atoms with E-state index in [1.807, 2.05) is 78.9 Å². The van der Waals surface area contributed by atoms with Crippen molar-refractivity contribution in [1.82, 2.24) is 4.90 Å². The van der Waals surface area contributed by atoms with E-state index in [2.05, 4.69) is 12.1 Å². The zero-order valence-corrected chi connectivity index (χ0v) is 15.7. The Morgan fingerprint density at radius 1 is 0.786 bits per heavy atom. The number of carbonyl (C=O) groups excluding carboxylic acids is 1. The maximum atomic E-state index is 13.2. The molecule has 1 aliphatic heterocycles. The third kappa shape index (κ3) is 3.49. The molecule has 0 saturated carbocycles. The SMILES string of the molecule is O=C1C(c2ccccc2)=CC(O)(c2ccccc2)N1CCCc1ccccc1. The number of hydrogen-bond donors (Lipinski definition) is 1. The Bertz CT molecular complexity index is 967. The van der Waals surface area contributed by atoms with Crippen molar-refractivity contribution in [2.24, 2.45) is 0 Å². The summed E-state index contributed by atoms with van der Waals surface area (Å²) < 4.78 is 0. The largest absolute Gasteiger partial charge is 0.363 e. The van der Waals surface area contributed by atoms with E-state index < -0.39 is 5.72 Å². The molecule has 1 amide bonds. The standard InChI is InChI=1S/C25H23NO2/c27-24-23(21-14-6-2-7-15-21)19-25(28,22-16-8-3-9-17-22)26(24)18-10-13-20-11-4-1-5-12-20/h1-9,11-12,14-17,19,28H,10,13,18H2. The van der Waals surface area contributed by atoms with Crippen LogP contribution in [0.2, 0.25) is 0 Å². The van der Waals surface area contributed by atoms with Crippen LogP contribution in [-0.4, -0.2) is 22.5 Å². The highest BCUT2D eigenvalue weighted by Gasteiger charge is 2.44. The van der Waals surface area contributed by atoms with Gasteiger partial charge in [-0.2, -0.15) is 0 Å². The average Bonchev–Trinajstić information content (AvgIpc) is 3.02. The predicted molar refractivity (Wildman–Crippen MR) is 111 cm³/mol. The van der Waals surface area contributed by atoms with E-state index in [1.54, 1.807) is 11.0 Å². The lowest BCUT2D eigenvalue weighted by molar-refractivity contribution is -0.142. The van der Waals surface area contributed by atoms with Gasteiger partial charge in [-0.15, -0.1) is 0 Å². The van der Waals surface area contributed by atoms with Gasteiger partial charge in [-0.1, -0.05) is 91.0 Å². The predicted octanol–water partition coefficient (Wildman–Crippen LogP) is 4.39. The third-order valence-corrected chi connectivity index (χ3v) is 5.21. The van der Waals surface area contributed by atoms with Gasteiger partial charge in [0.15, 0.2) is 5.72 Å². The van der Waals surface area contributed by atoms with Crippen molar-refractivity contribution < 1.29 is 9.90 Å². The Balaban J connectivity index is 1.62. The zero-order valence-electron chi connectivity index (χ0n) is 15.7. The molecule has 140 valence electrons. The maximum Gasteiger partial charge on any atom is 0.257 e. The third-order valence-electron chi connectivity index (χ3n) is 5.21. The number of rotatable bonds is 6. The molecule has 1 N–H and O–H groups in total. The lowest BCUT2D eigenvalue weighted by Gasteiger charge is -2.33. The fraction of sp³-hybridized carbons (Fsp3) is 0.160. The number of aryl methyl sites for hydroxylation is 1. The van der Waals surface area contributed by atoms with Gasteiger partial charge in [-0.25, -0.2) is 0 Å². The summed E-state index contributed by atoms with van der Waals surface area (Å²) in [5.41, 5.74) is 1.88. The molecule has 3 heteroatoms. The second kappa shape index (κ2) is 7.83. The summed E-state index contributed by atoms with van der Waals surface area (Å²) >= 11 is 0. The fourth-order valence-corrected chi connectivity index (χ4v) is 3.75. The molecule has 0 aliphatic carbocycles. The van der Waals surface area contributed by atoms with Crippen LogP contribution in [0.25, 0.3) is 5.57 Å². The molecule has 4 rings (SSSR count). The van der Waals surface area contributed by atoms with Crippen LogP contribution in [0, 0.1) is 0 Å². The Labute approximate surface area is 165 Å². The first-order chi connectivity index (χ1) is 13.7. The smallest absolute Gasteiger partial charge is 0.257 e. The number of amides is 1. The molecule has 1 unspecified atom stereocenters. The van der Waals surface area contributed by atoms with E-state index in [0.29, 0.717) is 17.7 Å². The van der Waals surface area contributed by atoms with E-state index in [4.69, 9.17) is 0 Å². The van der Waals surface area contributed by atoms with Gasteiger partial charge in [-0.05, 0) is 30.0 Å². The maximum absolute atomic E-state index is 13.2. The van der Waals surface area contributed by atoms with Gasteiger partial charge in [0.1, 0.15) is 0 Å². The summed E-state index contributed by atoms with van der Waals surface area (Å²) in [6.07, 6.45) is 3.33. The molecule has 0 bridgehead atoms. The Morgan fingerprint density at radius 3 is 2.00 bits per heavy atom. The second-order valence-electron chi connectivity index (χ2n) is 7.06. The minimum atomic E-state index is -1.43. The fourth-order valence-electron chi connectivity index (χ4n) is 3.75. The minimum absolute atomic E-state index is 0.134. The average molecular weight is 369 g/mol. The first kappa shape index (κ1) is 18.2. The van der Waals surface area contributed by atoms with Crippen molar-refractivity contribution >= 4 is 11.5 Å². The Morgan fingerprint density at radius 2 is 1.36 bits per heavy atom. The zero-order chi connectivity index (χ0) is 19.4. The summed E-state index contributed by atoms with van der Waals surface area (Å²) in [7, 11) is 0. The highest BCUT2D eigenvalue weighted by atomic mass is 16.3. The number of aliphatic hydroxyl groups is 1. The molecule has 1 atom stereocenters. The molecule has 3 nitrogen and oxygen atoms in total. The van der Waals surface area contributed by atoms with Crippen molar-refractivity contribution in [2.75, 3.05) is 6.54 Å². The summed E-state index contributed by atoms with van der Waals surface area (Å²) in [5.74, 6) is -0.134. The van der Waals surface area contributed by atoms with Crippen LogP contribution in [-0.2, 0) is 16.9 Å².